The zero-order chi connectivity index (χ0) is 13.8. The third-order valence-electron chi connectivity index (χ3n) is 3.11. The smallest absolute Gasteiger partial charge is 0.181 e. The predicted molar refractivity (Wildman–Crippen MR) is 80.2 cm³/mol. The highest BCUT2D eigenvalue weighted by molar-refractivity contribution is 6.30. The second kappa shape index (κ2) is 5.89. The monoisotopic (exact) mass is 273 g/mol. The first kappa shape index (κ1) is 13.6. The third kappa shape index (κ3) is 3.58. The molecule has 0 radical (unpaired) electrons. The van der Waals surface area contributed by atoms with Crippen molar-refractivity contribution < 1.29 is 4.79 Å². The van der Waals surface area contributed by atoms with Gasteiger partial charge in [0.1, 0.15) is 0 Å². The Morgan fingerprint density at radius 1 is 1.11 bits per heavy atom. The summed E-state index contributed by atoms with van der Waals surface area (Å²) < 4.78 is 0. The predicted octanol–water partition coefficient (Wildman–Crippen LogP) is 4.25. The molecule has 0 aromatic heterocycles. The molecule has 0 heterocycles. The van der Waals surface area contributed by atoms with Gasteiger partial charge >= 0.3 is 0 Å². The molecule has 0 unspecified atom stereocenters. The van der Waals surface area contributed by atoms with E-state index in [1.54, 1.807) is 12.1 Å². The molecule has 2 rings (SSSR count). The highest BCUT2D eigenvalue weighted by atomic mass is 35.5. The van der Waals surface area contributed by atoms with E-state index in [0.29, 0.717) is 5.02 Å². The van der Waals surface area contributed by atoms with E-state index in [1.165, 1.54) is 5.56 Å². The van der Waals surface area contributed by atoms with Gasteiger partial charge in [-0.25, -0.2) is 0 Å². The van der Waals surface area contributed by atoms with Crippen LogP contribution in [0.1, 0.15) is 21.5 Å². The number of hydrogen-bond acceptors (Lipinski definition) is 2. The summed E-state index contributed by atoms with van der Waals surface area (Å²) in [5.41, 5.74) is 3.91. The first-order chi connectivity index (χ1) is 9.06. The van der Waals surface area contributed by atoms with Crippen molar-refractivity contribution in [3.8, 4) is 0 Å². The first-order valence-corrected chi connectivity index (χ1v) is 6.54. The zero-order valence-electron chi connectivity index (χ0n) is 11.0. The van der Waals surface area contributed by atoms with Crippen LogP contribution in [0.2, 0.25) is 5.02 Å². The molecule has 0 saturated carbocycles. The number of carbonyl (C=O) groups excluding carboxylic acids is 1. The van der Waals surface area contributed by atoms with E-state index in [-0.39, 0.29) is 12.3 Å². The molecule has 2 aromatic rings. The lowest BCUT2D eigenvalue weighted by atomic mass is 10.0. The molecule has 1 N–H and O–H groups in total. The molecule has 2 aromatic carbocycles. The van der Waals surface area contributed by atoms with Crippen LogP contribution in [0.5, 0.6) is 0 Å². The number of hydrogen-bond donors (Lipinski definition) is 1. The summed E-state index contributed by atoms with van der Waals surface area (Å²) in [6.45, 7) is 4.31. The van der Waals surface area contributed by atoms with Crippen LogP contribution in [-0.2, 0) is 0 Å². The average Bonchev–Trinajstić information content (AvgIpc) is 2.39. The van der Waals surface area contributed by atoms with Crippen LogP contribution in [0.15, 0.2) is 42.5 Å². The highest BCUT2D eigenvalue weighted by Gasteiger charge is 2.06. The van der Waals surface area contributed by atoms with Crippen LogP contribution in [0.4, 0.5) is 5.69 Å². The van der Waals surface area contributed by atoms with Gasteiger partial charge in [0.05, 0.1) is 6.54 Å². The minimum atomic E-state index is 0.0723. The highest BCUT2D eigenvalue weighted by Crippen LogP contribution is 2.15. The van der Waals surface area contributed by atoms with Gasteiger partial charge in [-0.1, -0.05) is 29.8 Å². The Bertz CT molecular complexity index is 607. The minimum Gasteiger partial charge on any atom is -0.378 e. The number of carbonyl (C=O) groups is 1. The summed E-state index contributed by atoms with van der Waals surface area (Å²) in [7, 11) is 0. The number of anilines is 1. The number of Topliss-reactive ketones (excluding diaryl/α,β-unsaturated/α-hetero) is 1. The lowest BCUT2D eigenvalue weighted by Crippen LogP contribution is -2.14. The standard InChI is InChI=1S/C16H16ClNO/c1-11-6-7-13(8-12(11)2)16(19)10-18-15-5-3-4-14(17)9-15/h3-9,18H,10H2,1-2H3. The molecule has 3 heteroatoms. The van der Waals surface area contributed by atoms with E-state index in [4.69, 9.17) is 11.6 Å². The molecule has 98 valence electrons. The molecule has 0 bridgehead atoms. The van der Waals surface area contributed by atoms with Gasteiger partial charge in [0.15, 0.2) is 5.78 Å². The summed E-state index contributed by atoms with van der Waals surface area (Å²) in [5, 5.41) is 3.74. The van der Waals surface area contributed by atoms with Gasteiger partial charge in [-0.15, -0.1) is 0 Å². The van der Waals surface area contributed by atoms with Gasteiger partial charge in [0.2, 0.25) is 0 Å². The number of nitrogens with one attached hydrogen (secondary N) is 1. The van der Waals surface area contributed by atoms with Crippen LogP contribution in [0, 0.1) is 13.8 Å². The van der Waals surface area contributed by atoms with Gasteiger partial charge < -0.3 is 5.32 Å². The summed E-state index contributed by atoms with van der Waals surface area (Å²) in [5.74, 6) is 0.0723. The first-order valence-electron chi connectivity index (χ1n) is 6.16. The van der Waals surface area contributed by atoms with Crippen molar-refractivity contribution in [3.05, 3.63) is 64.2 Å². The van der Waals surface area contributed by atoms with Crippen molar-refractivity contribution in [2.45, 2.75) is 13.8 Å². The van der Waals surface area contributed by atoms with Crippen molar-refractivity contribution >= 4 is 23.1 Å². The minimum absolute atomic E-state index is 0.0723. The van der Waals surface area contributed by atoms with Gasteiger partial charge in [-0.3, -0.25) is 4.79 Å². The van der Waals surface area contributed by atoms with Crippen molar-refractivity contribution in [2.24, 2.45) is 0 Å². The Hall–Kier alpha value is -1.80. The molecule has 0 spiro atoms. The van der Waals surface area contributed by atoms with E-state index < -0.39 is 0 Å². The molecule has 0 fully saturated rings. The van der Waals surface area contributed by atoms with E-state index in [9.17, 15) is 4.79 Å². The van der Waals surface area contributed by atoms with Gasteiger partial charge in [-0.05, 0) is 49.2 Å². The molecule has 0 amide bonds. The van der Waals surface area contributed by atoms with Gasteiger partial charge in [0.25, 0.3) is 0 Å². The summed E-state index contributed by atoms with van der Waals surface area (Å²) >= 11 is 5.89. The van der Waals surface area contributed by atoms with Gasteiger partial charge in [-0.2, -0.15) is 0 Å². The van der Waals surface area contributed by atoms with Crippen LogP contribution in [-0.4, -0.2) is 12.3 Å². The topological polar surface area (TPSA) is 29.1 Å². The SMILES string of the molecule is Cc1ccc(C(=O)CNc2cccc(Cl)c2)cc1C. The molecular weight excluding hydrogens is 258 g/mol. The fourth-order valence-corrected chi connectivity index (χ4v) is 1.99. The molecule has 2 nitrogen and oxygen atoms in total. The Balaban J connectivity index is 2.03. The van der Waals surface area contributed by atoms with Crippen molar-refractivity contribution in [3.63, 3.8) is 0 Å². The second-order valence-corrected chi connectivity index (χ2v) is 5.02. The van der Waals surface area contributed by atoms with Crippen LogP contribution < -0.4 is 5.32 Å². The van der Waals surface area contributed by atoms with E-state index in [0.717, 1.165) is 16.8 Å². The van der Waals surface area contributed by atoms with Crippen molar-refractivity contribution in [1.82, 2.24) is 0 Å². The molecule has 0 aliphatic heterocycles. The largest absolute Gasteiger partial charge is 0.378 e. The Morgan fingerprint density at radius 2 is 1.89 bits per heavy atom. The number of rotatable bonds is 4. The van der Waals surface area contributed by atoms with E-state index >= 15 is 0 Å². The zero-order valence-corrected chi connectivity index (χ0v) is 11.8. The van der Waals surface area contributed by atoms with Crippen LogP contribution >= 0.6 is 11.6 Å². The number of benzene rings is 2. The summed E-state index contributed by atoms with van der Waals surface area (Å²) in [6, 6.07) is 13.1. The fourth-order valence-electron chi connectivity index (χ4n) is 1.80. The molecule has 0 saturated heterocycles. The lowest BCUT2D eigenvalue weighted by molar-refractivity contribution is 0.101. The average molecular weight is 274 g/mol. The second-order valence-electron chi connectivity index (χ2n) is 4.59. The third-order valence-corrected chi connectivity index (χ3v) is 3.34. The molecular formula is C16H16ClNO. The Labute approximate surface area is 118 Å². The molecule has 0 aliphatic carbocycles. The maximum atomic E-state index is 12.1. The van der Waals surface area contributed by atoms with Crippen molar-refractivity contribution in [1.29, 1.82) is 0 Å². The Morgan fingerprint density at radius 3 is 2.58 bits per heavy atom. The molecule has 19 heavy (non-hydrogen) atoms. The maximum absolute atomic E-state index is 12.1. The van der Waals surface area contributed by atoms with Crippen LogP contribution in [0.25, 0.3) is 0 Å². The number of aryl methyl sites for hydroxylation is 2. The van der Waals surface area contributed by atoms with Crippen LogP contribution in [0.3, 0.4) is 0 Å². The van der Waals surface area contributed by atoms with Gasteiger partial charge in [0, 0.05) is 16.3 Å². The lowest BCUT2D eigenvalue weighted by Gasteiger charge is -2.07. The quantitative estimate of drug-likeness (QED) is 0.844. The summed E-state index contributed by atoms with van der Waals surface area (Å²) in [4.78, 5) is 12.1. The Kier molecular flexibility index (Phi) is 4.23. The molecule has 0 atom stereocenters. The normalized spacial score (nSPS) is 10.3. The summed E-state index contributed by atoms with van der Waals surface area (Å²) in [6.07, 6.45) is 0. The number of ketones is 1. The van der Waals surface area contributed by atoms with E-state index in [2.05, 4.69) is 5.32 Å². The number of halogens is 1. The van der Waals surface area contributed by atoms with Crippen molar-refractivity contribution in [2.75, 3.05) is 11.9 Å². The fraction of sp³-hybridized carbons (Fsp3) is 0.188. The molecule has 0 aliphatic rings. The van der Waals surface area contributed by atoms with E-state index in [1.807, 2.05) is 44.2 Å². The maximum Gasteiger partial charge on any atom is 0.181 e.